The Morgan fingerprint density at radius 3 is 2.61 bits per heavy atom. The minimum atomic E-state index is -0.539. The molecule has 0 aliphatic carbocycles. The van der Waals surface area contributed by atoms with Gasteiger partial charge >= 0.3 is 0 Å². The Kier molecular flexibility index (Phi) is 10.5. The van der Waals surface area contributed by atoms with Gasteiger partial charge in [-0.25, -0.2) is 0 Å². The highest BCUT2D eigenvalue weighted by Crippen LogP contribution is 2.12. The van der Waals surface area contributed by atoms with Crippen LogP contribution in [0.1, 0.15) is 38.7 Å². The van der Waals surface area contributed by atoms with Gasteiger partial charge in [0, 0.05) is 12.6 Å². The molecule has 1 rings (SSSR count). The first-order valence-electron chi connectivity index (χ1n) is 8.31. The van der Waals surface area contributed by atoms with Gasteiger partial charge in [-0.3, -0.25) is 0 Å². The molecule has 0 bridgehead atoms. The van der Waals surface area contributed by atoms with E-state index in [0.29, 0.717) is 23.9 Å². The standard InChI is InChI=1S/C18H28N2O2S/c1-3-10-23-11-9-16(4-2)20-13-17(21)14-22-18-7-5-15(12-19)6-8-18/h5-8,16-17,20-21H,3-4,9-11,13-14H2,1-2H3/t16?,17-/m1/s1. The average molecular weight is 337 g/mol. The van der Waals surface area contributed by atoms with Gasteiger partial charge in [0.25, 0.3) is 0 Å². The number of ether oxygens (including phenoxy) is 1. The molecule has 2 atom stereocenters. The maximum absolute atomic E-state index is 10.0. The molecule has 1 unspecified atom stereocenters. The number of nitriles is 1. The van der Waals surface area contributed by atoms with E-state index >= 15 is 0 Å². The number of aliphatic hydroxyl groups excluding tert-OH is 1. The van der Waals surface area contributed by atoms with Crippen LogP contribution in [-0.2, 0) is 0 Å². The van der Waals surface area contributed by atoms with Gasteiger partial charge in [0.15, 0.2) is 0 Å². The van der Waals surface area contributed by atoms with Crippen LogP contribution in [0.3, 0.4) is 0 Å². The molecule has 0 fully saturated rings. The molecule has 0 saturated heterocycles. The second-order valence-corrected chi connectivity index (χ2v) is 6.74. The lowest BCUT2D eigenvalue weighted by molar-refractivity contribution is 0.103. The van der Waals surface area contributed by atoms with Crippen molar-refractivity contribution in [3.8, 4) is 11.8 Å². The fourth-order valence-electron chi connectivity index (χ4n) is 2.10. The van der Waals surface area contributed by atoms with E-state index < -0.39 is 6.10 Å². The molecule has 0 amide bonds. The Morgan fingerprint density at radius 1 is 1.26 bits per heavy atom. The van der Waals surface area contributed by atoms with Gasteiger partial charge in [-0.05, 0) is 55.0 Å². The third-order valence-electron chi connectivity index (χ3n) is 3.52. The van der Waals surface area contributed by atoms with Crippen LogP contribution >= 0.6 is 11.8 Å². The first kappa shape index (κ1) is 19.8. The molecule has 2 N–H and O–H groups in total. The lowest BCUT2D eigenvalue weighted by Gasteiger charge is -2.19. The van der Waals surface area contributed by atoms with Crippen LogP contribution in [0.4, 0.5) is 0 Å². The van der Waals surface area contributed by atoms with E-state index in [1.54, 1.807) is 24.3 Å². The highest BCUT2D eigenvalue weighted by Gasteiger charge is 2.10. The number of nitrogens with zero attached hydrogens (tertiary/aromatic N) is 1. The predicted octanol–water partition coefficient (Wildman–Crippen LogP) is 3.20. The van der Waals surface area contributed by atoms with Crippen LogP contribution in [0, 0.1) is 11.3 Å². The first-order valence-corrected chi connectivity index (χ1v) is 9.47. The summed E-state index contributed by atoms with van der Waals surface area (Å²) in [6.07, 6.45) is 2.88. The zero-order valence-electron chi connectivity index (χ0n) is 14.1. The van der Waals surface area contributed by atoms with E-state index in [-0.39, 0.29) is 6.61 Å². The zero-order chi connectivity index (χ0) is 16.9. The summed E-state index contributed by atoms with van der Waals surface area (Å²) in [5.74, 6) is 3.06. The second kappa shape index (κ2) is 12.2. The lowest BCUT2D eigenvalue weighted by atomic mass is 10.1. The van der Waals surface area contributed by atoms with E-state index in [1.807, 2.05) is 11.8 Å². The normalized spacial score (nSPS) is 13.3. The Morgan fingerprint density at radius 2 is 2.00 bits per heavy atom. The fourth-order valence-corrected chi connectivity index (χ4v) is 3.05. The number of nitrogens with one attached hydrogen (secondary N) is 1. The minimum Gasteiger partial charge on any atom is -0.491 e. The number of thioether (sulfide) groups is 1. The second-order valence-electron chi connectivity index (χ2n) is 5.52. The molecule has 0 spiro atoms. The Labute approximate surface area is 144 Å². The van der Waals surface area contributed by atoms with Crippen molar-refractivity contribution in [1.82, 2.24) is 5.32 Å². The lowest BCUT2D eigenvalue weighted by Crippen LogP contribution is -2.38. The smallest absolute Gasteiger partial charge is 0.119 e. The molecule has 128 valence electrons. The van der Waals surface area contributed by atoms with Crippen molar-refractivity contribution in [2.75, 3.05) is 24.7 Å². The van der Waals surface area contributed by atoms with Gasteiger partial charge in [0.05, 0.1) is 11.6 Å². The Hall–Kier alpha value is -1.22. The van der Waals surface area contributed by atoms with Crippen LogP contribution in [0.2, 0.25) is 0 Å². The maximum Gasteiger partial charge on any atom is 0.119 e. The fraction of sp³-hybridized carbons (Fsp3) is 0.611. The molecule has 0 aromatic heterocycles. The predicted molar refractivity (Wildman–Crippen MR) is 97.0 cm³/mol. The molecule has 0 radical (unpaired) electrons. The van der Waals surface area contributed by atoms with E-state index in [2.05, 4.69) is 25.2 Å². The molecule has 1 aromatic carbocycles. The third kappa shape index (κ3) is 8.85. The summed E-state index contributed by atoms with van der Waals surface area (Å²) < 4.78 is 5.54. The van der Waals surface area contributed by atoms with Crippen molar-refractivity contribution < 1.29 is 9.84 Å². The third-order valence-corrected chi connectivity index (χ3v) is 4.74. The van der Waals surface area contributed by atoms with Crippen molar-refractivity contribution in [2.45, 2.75) is 45.3 Å². The average Bonchev–Trinajstić information content (AvgIpc) is 2.59. The maximum atomic E-state index is 10.0. The molecule has 23 heavy (non-hydrogen) atoms. The van der Waals surface area contributed by atoms with Gasteiger partial charge in [-0.1, -0.05) is 13.8 Å². The van der Waals surface area contributed by atoms with Crippen LogP contribution < -0.4 is 10.1 Å². The number of rotatable bonds is 12. The number of hydrogen-bond donors (Lipinski definition) is 2. The summed E-state index contributed by atoms with van der Waals surface area (Å²) >= 11 is 1.99. The molecule has 0 aliphatic rings. The summed E-state index contributed by atoms with van der Waals surface area (Å²) in [6.45, 7) is 5.15. The van der Waals surface area contributed by atoms with Gasteiger partial charge < -0.3 is 15.2 Å². The molecular formula is C18H28N2O2S. The van der Waals surface area contributed by atoms with Gasteiger partial charge in [0.1, 0.15) is 18.5 Å². The largest absolute Gasteiger partial charge is 0.491 e. The topological polar surface area (TPSA) is 65.3 Å². The van der Waals surface area contributed by atoms with Gasteiger partial charge in [0.2, 0.25) is 0 Å². The zero-order valence-corrected chi connectivity index (χ0v) is 14.9. The molecule has 0 heterocycles. The van der Waals surface area contributed by atoms with Crippen molar-refractivity contribution in [1.29, 1.82) is 5.26 Å². The van der Waals surface area contributed by atoms with Crippen LogP contribution in [-0.4, -0.2) is 41.9 Å². The molecular weight excluding hydrogens is 308 g/mol. The quantitative estimate of drug-likeness (QED) is 0.574. The van der Waals surface area contributed by atoms with Crippen LogP contribution in [0.5, 0.6) is 5.75 Å². The molecule has 1 aromatic rings. The van der Waals surface area contributed by atoms with E-state index in [0.717, 1.165) is 18.6 Å². The summed E-state index contributed by atoms with van der Waals surface area (Å²) in [5, 5.41) is 22.2. The summed E-state index contributed by atoms with van der Waals surface area (Å²) in [4.78, 5) is 0. The van der Waals surface area contributed by atoms with Crippen LogP contribution in [0.15, 0.2) is 24.3 Å². The van der Waals surface area contributed by atoms with E-state index in [4.69, 9.17) is 10.00 Å². The van der Waals surface area contributed by atoms with Crippen molar-refractivity contribution in [3.05, 3.63) is 29.8 Å². The molecule has 0 aliphatic heterocycles. The number of hydrogen-bond acceptors (Lipinski definition) is 5. The van der Waals surface area contributed by atoms with Gasteiger partial charge in [-0.15, -0.1) is 0 Å². The monoisotopic (exact) mass is 336 g/mol. The SMILES string of the molecule is CCCSCCC(CC)NC[C@@H](O)COc1ccc(C#N)cc1. The Bertz CT molecular complexity index is 459. The molecule has 5 heteroatoms. The van der Waals surface area contributed by atoms with Crippen molar-refractivity contribution >= 4 is 11.8 Å². The highest BCUT2D eigenvalue weighted by atomic mass is 32.2. The van der Waals surface area contributed by atoms with Crippen molar-refractivity contribution in [3.63, 3.8) is 0 Å². The summed E-state index contributed by atoms with van der Waals surface area (Å²) in [5.41, 5.74) is 0.603. The molecule has 4 nitrogen and oxygen atoms in total. The first-order chi connectivity index (χ1) is 11.2. The van der Waals surface area contributed by atoms with E-state index in [1.165, 1.54) is 12.2 Å². The number of aliphatic hydroxyl groups is 1. The molecule has 0 saturated carbocycles. The minimum absolute atomic E-state index is 0.250. The summed E-state index contributed by atoms with van der Waals surface area (Å²) in [6, 6.07) is 9.43. The number of benzene rings is 1. The van der Waals surface area contributed by atoms with Crippen molar-refractivity contribution in [2.24, 2.45) is 0 Å². The van der Waals surface area contributed by atoms with Crippen LogP contribution in [0.25, 0.3) is 0 Å². The van der Waals surface area contributed by atoms with E-state index in [9.17, 15) is 5.11 Å². The highest BCUT2D eigenvalue weighted by molar-refractivity contribution is 7.99. The summed E-state index contributed by atoms with van der Waals surface area (Å²) in [7, 11) is 0. The Balaban J connectivity index is 2.21. The van der Waals surface area contributed by atoms with Gasteiger partial charge in [-0.2, -0.15) is 17.0 Å².